The van der Waals surface area contributed by atoms with E-state index in [1.165, 1.54) is 12.5 Å². The molecule has 34 heavy (non-hydrogen) atoms. The Balaban J connectivity index is 1.28. The van der Waals surface area contributed by atoms with E-state index in [0.29, 0.717) is 37.9 Å². The summed E-state index contributed by atoms with van der Waals surface area (Å²) in [5.74, 6) is 0.136. The molecule has 1 fully saturated rings. The molecule has 2 aromatic rings. The number of sulfonamides is 1. The Morgan fingerprint density at radius 2 is 1.91 bits per heavy atom. The molecule has 0 spiro atoms. The van der Waals surface area contributed by atoms with Crippen LogP contribution in [-0.4, -0.2) is 31.4 Å². The van der Waals surface area contributed by atoms with Crippen LogP contribution in [0.25, 0.3) is 11.3 Å². The van der Waals surface area contributed by atoms with Gasteiger partial charge in [-0.15, -0.1) is 0 Å². The Morgan fingerprint density at radius 3 is 2.50 bits per heavy atom. The largest absolute Gasteiger partial charge is 0.444 e. The number of allylic oxidation sites excluding steroid dienone is 3. The van der Waals surface area contributed by atoms with Crippen LogP contribution in [-0.2, 0) is 14.8 Å². The van der Waals surface area contributed by atoms with Gasteiger partial charge in [-0.1, -0.05) is 13.0 Å². The summed E-state index contributed by atoms with van der Waals surface area (Å²) in [5.41, 5.74) is 0.414. The van der Waals surface area contributed by atoms with Crippen molar-refractivity contribution < 1.29 is 22.0 Å². The van der Waals surface area contributed by atoms with Crippen molar-refractivity contribution in [3.8, 4) is 11.3 Å². The van der Waals surface area contributed by atoms with Gasteiger partial charge >= 0.3 is 0 Å². The van der Waals surface area contributed by atoms with Crippen LogP contribution in [0.4, 0.5) is 4.39 Å². The van der Waals surface area contributed by atoms with E-state index >= 15 is 0 Å². The van der Waals surface area contributed by atoms with Crippen molar-refractivity contribution in [2.45, 2.75) is 62.9 Å². The Hall–Kier alpha value is -2.78. The molecule has 4 rings (SSSR count). The van der Waals surface area contributed by atoms with Crippen molar-refractivity contribution in [3.05, 3.63) is 60.9 Å². The third-order valence-corrected chi connectivity index (χ3v) is 8.55. The molecule has 1 aromatic heterocycles. The van der Waals surface area contributed by atoms with Gasteiger partial charge in [0.15, 0.2) is 12.2 Å². The van der Waals surface area contributed by atoms with E-state index in [4.69, 9.17) is 4.42 Å². The molecule has 0 saturated heterocycles. The van der Waals surface area contributed by atoms with Crippen molar-refractivity contribution in [3.63, 3.8) is 0 Å². The number of oxazole rings is 1. The maximum Gasteiger partial charge on any atom is 0.240 e. The number of nitrogens with zero attached hydrogens (tertiary/aromatic N) is 1. The minimum Gasteiger partial charge on any atom is -0.444 e. The first-order valence-electron chi connectivity index (χ1n) is 11.5. The molecule has 1 unspecified atom stereocenters. The SMILES string of the molecule is C[C@@H](NC(=O)[C@H]1CC[C@H](NS(=O)(=O)c2ccc(-c3cnco3)cc2)CC1)C1(C)C=CC(F)=CC1. The van der Waals surface area contributed by atoms with E-state index < -0.39 is 10.0 Å². The highest BCUT2D eigenvalue weighted by molar-refractivity contribution is 7.89. The maximum absolute atomic E-state index is 13.3. The predicted molar refractivity (Wildman–Crippen MR) is 127 cm³/mol. The number of carbonyl (C=O) groups excluding carboxylic acids is 1. The second kappa shape index (κ2) is 9.84. The Morgan fingerprint density at radius 1 is 1.21 bits per heavy atom. The van der Waals surface area contributed by atoms with E-state index in [2.05, 4.69) is 15.0 Å². The number of benzene rings is 1. The normalized spacial score (nSPS) is 26.0. The second-order valence-electron chi connectivity index (χ2n) is 9.42. The number of halogens is 1. The molecule has 1 amide bonds. The van der Waals surface area contributed by atoms with Crippen LogP contribution in [0.5, 0.6) is 0 Å². The summed E-state index contributed by atoms with van der Waals surface area (Å²) in [6.07, 6.45) is 10.6. The molecule has 0 aliphatic heterocycles. The summed E-state index contributed by atoms with van der Waals surface area (Å²) >= 11 is 0. The molecule has 1 heterocycles. The number of nitrogens with one attached hydrogen (secondary N) is 2. The molecule has 2 aliphatic carbocycles. The molecule has 7 nitrogen and oxygen atoms in total. The first-order valence-corrected chi connectivity index (χ1v) is 13.0. The minimum absolute atomic E-state index is 0.0264. The van der Waals surface area contributed by atoms with Gasteiger partial charge in [-0.25, -0.2) is 22.5 Å². The van der Waals surface area contributed by atoms with E-state index in [0.717, 1.165) is 5.56 Å². The standard InChI is InChI=1S/C25H30FN3O4S/c1-17(25(2)13-11-20(26)12-14-25)28-24(30)19-3-7-21(8-4-19)29-34(31,32)22-9-5-18(6-10-22)23-15-27-16-33-23/h5-6,9-13,15-17,19,21,29H,3-4,7-8,14H2,1-2H3,(H,28,30)/t17-,19-,21-,25?/m1/s1. The van der Waals surface area contributed by atoms with Crippen molar-refractivity contribution >= 4 is 15.9 Å². The number of rotatable bonds is 7. The molecule has 2 N–H and O–H groups in total. The highest BCUT2D eigenvalue weighted by atomic mass is 32.2. The number of amides is 1. The highest BCUT2D eigenvalue weighted by Crippen LogP contribution is 2.34. The van der Waals surface area contributed by atoms with Crippen LogP contribution in [0.1, 0.15) is 46.0 Å². The quantitative estimate of drug-likeness (QED) is 0.599. The van der Waals surface area contributed by atoms with Crippen LogP contribution in [0, 0.1) is 11.3 Å². The van der Waals surface area contributed by atoms with Crippen molar-refractivity contribution in [1.82, 2.24) is 15.0 Å². The maximum atomic E-state index is 13.3. The van der Waals surface area contributed by atoms with Gasteiger partial charge in [0, 0.05) is 29.0 Å². The summed E-state index contributed by atoms with van der Waals surface area (Å²) in [5, 5.41) is 3.09. The summed E-state index contributed by atoms with van der Waals surface area (Å²) in [6.45, 7) is 3.94. The highest BCUT2D eigenvalue weighted by Gasteiger charge is 2.34. The molecule has 182 valence electrons. The molecule has 0 radical (unpaired) electrons. The topological polar surface area (TPSA) is 101 Å². The molecular weight excluding hydrogens is 457 g/mol. The van der Waals surface area contributed by atoms with Crippen molar-refractivity contribution in [2.24, 2.45) is 11.3 Å². The van der Waals surface area contributed by atoms with Gasteiger partial charge in [-0.3, -0.25) is 4.79 Å². The third-order valence-electron chi connectivity index (χ3n) is 7.01. The summed E-state index contributed by atoms with van der Waals surface area (Å²) in [7, 11) is -3.67. The lowest BCUT2D eigenvalue weighted by Crippen LogP contribution is -2.47. The van der Waals surface area contributed by atoms with Gasteiger partial charge in [0.05, 0.1) is 11.1 Å². The van der Waals surface area contributed by atoms with Gasteiger partial charge < -0.3 is 9.73 Å². The van der Waals surface area contributed by atoms with Crippen LogP contribution >= 0.6 is 0 Å². The Kier molecular flexibility index (Phi) is 7.04. The molecule has 2 aliphatic rings. The first kappa shape index (κ1) is 24.3. The van der Waals surface area contributed by atoms with Gasteiger partial charge in [-0.2, -0.15) is 0 Å². The Labute approximate surface area is 199 Å². The summed E-state index contributed by atoms with van der Waals surface area (Å²) in [4.78, 5) is 16.9. The fourth-order valence-corrected chi connectivity index (χ4v) is 5.76. The number of carbonyl (C=O) groups is 1. The zero-order chi connectivity index (χ0) is 24.3. The second-order valence-corrected chi connectivity index (χ2v) is 11.1. The first-order chi connectivity index (χ1) is 16.2. The van der Waals surface area contributed by atoms with Crippen LogP contribution in [0.3, 0.4) is 0 Å². The monoisotopic (exact) mass is 487 g/mol. The van der Waals surface area contributed by atoms with E-state index in [1.54, 1.807) is 36.5 Å². The zero-order valence-corrected chi connectivity index (χ0v) is 20.1. The van der Waals surface area contributed by atoms with Crippen LogP contribution in [0.15, 0.2) is 70.2 Å². The van der Waals surface area contributed by atoms with Crippen molar-refractivity contribution in [1.29, 1.82) is 0 Å². The fourth-order valence-electron chi connectivity index (χ4n) is 4.46. The molecule has 1 aromatic carbocycles. The molecule has 0 bridgehead atoms. The minimum atomic E-state index is -3.67. The zero-order valence-electron chi connectivity index (χ0n) is 19.3. The lowest BCUT2D eigenvalue weighted by molar-refractivity contribution is -0.127. The molecule has 2 atom stereocenters. The van der Waals surface area contributed by atoms with Gasteiger partial charge in [-0.05, 0) is 75.4 Å². The summed E-state index contributed by atoms with van der Waals surface area (Å²) in [6, 6.07) is 6.10. The lowest BCUT2D eigenvalue weighted by Gasteiger charge is -2.36. The average molecular weight is 488 g/mol. The Bertz CT molecular complexity index is 1170. The number of hydrogen-bond acceptors (Lipinski definition) is 5. The molecule has 1 saturated carbocycles. The van der Waals surface area contributed by atoms with Gasteiger partial charge in [0.25, 0.3) is 0 Å². The fraction of sp³-hybridized carbons (Fsp3) is 0.440. The molecular formula is C25H30FN3O4S. The smallest absolute Gasteiger partial charge is 0.240 e. The summed E-state index contributed by atoms with van der Waals surface area (Å²) < 4.78 is 47.0. The number of aromatic nitrogens is 1. The van der Waals surface area contributed by atoms with Gasteiger partial charge in [0.1, 0.15) is 5.83 Å². The average Bonchev–Trinajstić information content (AvgIpc) is 3.36. The molecule has 9 heteroatoms. The van der Waals surface area contributed by atoms with E-state index in [-0.39, 0.29) is 40.0 Å². The lowest BCUT2D eigenvalue weighted by atomic mass is 9.77. The van der Waals surface area contributed by atoms with Crippen molar-refractivity contribution in [2.75, 3.05) is 0 Å². The van der Waals surface area contributed by atoms with E-state index in [1.807, 2.05) is 19.9 Å². The van der Waals surface area contributed by atoms with Gasteiger partial charge in [0.2, 0.25) is 15.9 Å². The third kappa shape index (κ3) is 5.47. The van der Waals surface area contributed by atoms with Crippen LogP contribution < -0.4 is 10.0 Å². The van der Waals surface area contributed by atoms with Crippen LogP contribution in [0.2, 0.25) is 0 Å². The predicted octanol–water partition coefficient (Wildman–Crippen LogP) is 4.50. The van der Waals surface area contributed by atoms with E-state index in [9.17, 15) is 17.6 Å². The number of hydrogen-bond donors (Lipinski definition) is 2.